The summed E-state index contributed by atoms with van der Waals surface area (Å²) in [6.45, 7) is 0.129. The molecule has 3 N–H and O–H groups in total. The molecule has 0 heterocycles. The van der Waals surface area contributed by atoms with E-state index in [2.05, 4.69) is 5.32 Å². The van der Waals surface area contributed by atoms with Crippen LogP contribution in [0.1, 0.15) is 18.0 Å². The number of halogens is 3. The summed E-state index contributed by atoms with van der Waals surface area (Å²) in [5, 5.41) is 3.91. The molecule has 0 radical (unpaired) electrons. The first-order valence-corrected chi connectivity index (χ1v) is 9.03. The van der Waals surface area contributed by atoms with Crippen LogP contribution in [0, 0.1) is 0 Å². The lowest BCUT2D eigenvalue weighted by Crippen LogP contribution is -2.34. The molecule has 0 saturated carbocycles. The average Bonchev–Trinajstić information content (AvgIpc) is 2.60. The lowest BCUT2D eigenvalue weighted by molar-refractivity contribution is -0.144. The predicted octanol–water partition coefficient (Wildman–Crippen LogP) is 4.37. The van der Waals surface area contributed by atoms with Gasteiger partial charge in [0.15, 0.2) is 0 Å². The SMILES string of the molecule is NC(=O)NC(CC(=O)OCCOc1ccc(Cl)cc1Cl)c1ccc(Cl)cc1. The van der Waals surface area contributed by atoms with Crippen molar-refractivity contribution in [3.8, 4) is 5.75 Å². The van der Waals surface area contributed by atoms with Gasteiger partial charge in [-0.15, -0.1) is 0 Å². The van der Waals surface area contributed by atoms with E-state index in [1.807, 2.05) is 0 Å². The number of rotatable bonds is 8. The van der Waals surface area contributed by atoms with Gasteiger partial charge in [0.1, 0.15) is 19.0 Å². The fraction of sp³-hybridized carbons (Fsp3) is 0.222. The van der Waals surface area contributed by atoms with Crippen LogP contribution >= 0.6 is 34.8 Å². The summed E-state index contributed by atoms with van der Waals surface area (Å²) >= 11 is 17.6. The number of carbonyl (C=O) groups excluding carboxylic acids is 2. The third-order valence-electron chi connectivity index (χ3n) is 3.46. The first-order valence-electron chi connectivity index (χ1n) is 7.90. The van der Waals surface area contributed by atoms with Gasteiger partial charge in [0.2, 0.25) is 0 Å². The van der Waals surface area contributed by atoms with Crippen LogP contribution in [0.15, 0.2) is 42.5 Å². The Morgan fingerprint density at radius 2 is 1.67 bits per heavy atom. The molecule has 0 aromatic heterocycles. The molecular formula is C18H17Cl3N2O4. The van der Waals surface area contributed by atoms with E-state index in [1.165, 1.54) is 0 Å². The highest BCUT2D eigenvalue weighted by molar-refractivity contribution is 6.35. The number of hydrogen-bond acceptors (Lipinski definition) is 4. The zero-order valence-electron chi connectivity index (χ0n) is 14.1. The normalized spacial score (nSPS) is 11.5. The molecule has 0 fully saturated rings. The van der Waals surface area contributed by atoms with E-state index >= 15 is 0 Å². The quantitative estimate of drug-likeness (QED) is 0.480. The van der Waals surface area contributed by atoms with Crippen molar-refractivity contribution >= 4 is 46.8 Å². The van der Waals surface area contributed by atoms with Gasteiger partial charge in [-0.1, -0.05) is 46.9 Å². The van der Waals surface area contributed by atoms with Gasteiger partial charge in [0.05, 0.1) is 17.5 Å². The van der Waals surface area contributed by atoms with Crippen molar-refractivity contribution in [3.63, 3.8) is 0 Å². The molecule has 0 aliphatic rings. The number of hydrogen-bond donors (Lipinski definition) is 2. The third kappa shape index (κ3) is 7.17. The van der Waals surface area contributed by atoms with Crippen LogP contribution in [-0.4, -0.2) is 25.2 Å². The Morgan fingerprint density at radius 1 is 1.00 bits per heavy atom. The lowest BCUT2D eigenvalue weighted by atomic mass is 10.0. The number of amides is 2. The Balaban J connectivity index is 1.84. The van der Waals surface area contributed by atoms with E-state index in [1.54, 1.807) is 42.5 Å². The molecule has 0 aliphatic heterocycles. The van der Waals surface area contributed by atoms with E-state index in [4.69, 9.17) is 50.0 Å². The minimum absolute atomic E-state index is 0.0156. The molecule has 1 atom stereocenters. The van der Waals surface area contributed by atoms with Gasteiger partial charge in [-0.3, -0.25) is 4.79 Å². The van der Waals surface area contributed by atoms with Gasteiger partial charge in [0.25, 0.3) is 0 Å². The molecule has 0 spiro atoms. The van der Waals surface area contributed by atoms with Crippen LogP contribution in [0.3, 0.4) is 0 Å². The zero-order chi connectivity index (χ0) is 19.8. The Bertz CT molecular complexity index is 800. The number of primary amides is 1. The van der Waals surface area contributed by atoms with Gasteiger partial charge >= 0.3 is 12.0 Å². The number of carbonyl (C=O) groups is 2. The highest BCUT2D eigenvalue weighted by atomic mass is 35.5. The van der Waals surface area contributed by atoms with Crippen molar-refractivity contribution in [2.75, 3.05) is 13.2 Å². The first-order chi connectivity index (χ1) is 12.8. The Labute approximate surface area is 171 Å². The largest absolute Gasteiger partial charge is 0.488 e. The zero-order valence-corrected chi connectivity index (χ0v) is 16.4. The number of benzene rings is 2. The average molecular weight is 432 g/mol. The van der Waals surface area contributed by atoms with Crippen molar-refractivity contribution in [3.05, 3.63) is 63.1 Å². The van der Waals surface area contributed by atoms with Gasteiger partial charge in [-0.05, 0) is 35.9 Å². The number of ether oxygens (including phenoxy) is 2. The third-order valence-corrected chi connectivity index (χ3v) is 4.24. The molecular weight excluding hydrogens is 415 g/mol. The van der Waals surface area contributed by atoms with Crippen molar-refractivity contribution in [2.45, 2.75) is 12.5 Å². The van der Waals surface area contributed by atoms with Crippen molar-refractivity contribution in [2.24, 2.45) is 5.73 Å². The Hall–Kier alpha value is -2.15. The smallest absolute Gasteiger partial charge is 0.312 e. The first kappa shape index (κ1) is 21.2. The molecule has 2 aromatic rings. The number of nitrogens with one attached hydrogen (secondary N) is 1. The van der Waals surface area contributed by atoms with Crippen LogP contribution in [0.5, 0.6) is 5.75 Å². The molecule has 0 bridgehead atoms. The number of nitrogens with two attached hydrogens (primary N) is 1. The van der Waals surface area contributed by atoms with Crippen LogP contribution in [-0.2, 0) is 9.53 Å². The lowest BCUT2D eigenvalue weighted by Gasteiger charge is -2.17. The molecule has 2 amide bonds. The molecule has 0 aliphatic carbocycles. The summed E-state index contributed by atoms with van der Waals surface area (Å²) in [6, 6.07) is 10.1. The highest BCUT2D eigenvalue weighted by Crippen LogP contribution is 2.27. The van der Waals surface area contributed by atoms with E-state index in [9.17, 15) is 9.59 Å². The van der Waals surface area contributed by atoms with Gasteiger partial charge in [-0.2, -0.15) is 0 Å². The van der Waals surface area contributed by atoms with Gasteiger partial charge < -0.3 is 20.5 Å². The van der Waals surface area contributed by atoms with Crippen molar-refractivity contribution in [1.82, 2.24) is 5.32 Å². The minimum Gasteiger partial charge on any atom is -0.488 e. The van der Waals surface area contributed by atoms with E-state index in [0.717, 1.165) is 0 Å². The monoisotopic (exact) mass is 430 g/mol. The summed E-state index contributed by atoms with van der Waals surface area (Å²) in [7, 11) is 0. The molecule has 1 unspecified atom stereocenters. The second-order valence-corrected chi connectivity index (χ2v) is 6.74. The van der Waals surface area contributed by atoms with Gasteiger partial charge in [-0.25, -0.2) is 4.79 Å². The Morgan fingerprint density at radius 3 is 2.30 bits per heavy atom. The number of esters is 1. The van der Waals surface area contributed by atoms with E-state index in [0.29, 0.717) is 26.4 Å². The summed E-state index contributed by atoms with van der Waals surface area (Å²) < 4.78 is 10.6. The second kappa shape index (κ2) is 10.3. The summed E-state index contributed by atoms with van der Waals surface area (Å²) in [4.78, 5) is 23.3. The molecule has 2 rings (SSSR count). The van der Waals surface area contributed by atoms with Crippen molar-refractivity contribution in [1.29, 1.82) is 0 Å². The maximum absolute atomic E-state index is 12.1. The molecule has 2 aromatic carbocycles. The van der Waals surface area contributed by atoms with E-state index < -0.39 is 18.0 Å². The van der Waals surface area contributed by atoms with Crippen LogP contribution < -0.4 is 15.8 Å². The fourth-order valence-electron chi connectivity index (χ4n) is 2.24. The maximum Gasteiger partial charge on any atom is 0.312 e. The fourth-order valence-corrected chi connectivity index (χ4v) is 2.83. The summed E-state index contributed by atoms with van der Waals surface area (Å²) in [5.74, 6) is -0.0824. The predicted molar refractivity (Wildman–Crippen MR) is 104 cm³/mol. The highest BCUT2D eigenvalue weighted by Gasteiger charge is 2.18. The van der Waals surface area contributed by atoms with E-state index in [-0.39, 0.29) is 19.6 Å². The number of urea groups is 1. The summed E-state index contributed by atoms with van der Waals surface area (Å²) in [5.41, 5.74) is 5.86. The molecule has 144 valence electrons. The second-order valence-electron chi connectivity index (χ2n) is 5.46. The van der Waals surface area contributed by atoms with Crippen LogP contribution in [0.4, 0.5) is 4.79 Å². The minimum atomic E-state index is -0.747. The molecule has 9 heteroatoms. The summed E-state index contributed by atoms with van der Waals surface area (Å²) in [6.07, 6.45) is -0.0910. The maximum atomic E-state index is 12.1. The molecule has 27 heavy (non-hydrogen) atoms. The molecule has 6 nitrogen and oxygen atoms in total. The van der Waals surface area contributed by atoms with Crippen LogP contribution in [0.2, 0.25) is 15.1 Å². The van der Waals surface area contributed by atoms with Crippen LogP contribution in [0.25, 0.3) is 0 Å². The standard InChI is InChI=1S/C18H17Cl3N2O4/c19-12-3-1-11(2-4-12)15(23-18(22)25)10-17(24)27-8-7-26-16-6-5-13(20)9-14(16)21/h1-6,9,15H,7-8,10H2,(H3,22,23,25). The topological polar surface area (TPSA) is 90.7 Å². The van der Waals surface area contributed by atoms with Gasteiger partial charge in [0, 0.05) is 10.0 Å². The van der Waals surface area contributed by atoms with Crippen molar-refractivity contribution < 1.29 is 19.1 Å². The molecule has 0 saturated heterocycles. The Kier molecular flexibility index (Phi) is 8.03.